The molecule has 0 amide bonds. The fraction of sp³-hybridized carbons (Fsp3) is 0.125. The Bertz CT molecular complexity index is 359. The predicted molar refractivity (Wildman–Crippen MR) is 52.0 cm³/mol. The number of ether oxygens (including phenoxy) is 1. The Balaban J connectivity index is 0. The summed E-state index contributed by atoms with van der Waals surface area (Å²) in [5.74, 6) is -1.30. The molecular weight excluding hydrogens is 225 g/mol. The maximum Gasteiger partial charge on any atom is -0.870 e. The van der Waals surface area contributed by atoms with Gasteiger partial charge in [0, 0.05) is 0 Å². The Morgan fingerprint density at radius 2 is 2.00 bits per heavy atom. The monoisotopic (exact) mass is 232 g/mol. The van der Waals surface area contributed by atoms with Crippen LogP contribution in [0.25, 0.3) is 0 Å². The fourth-order valence-corrected chi connectivity index (χ4v) is 1.06. The van der Waals surface area contributed by atoms with Gasteiger partial charge >= 0.3 is 80.4 Å². The van der Waals surface area contributed by atoms with Gasteiger partial charge in [-0.2, -0.15) is 0 Å². The molecule has 4 nitrogen and oxygen atoms in total. The number of hydrogen-bond acceptors (Lipinski definition) is 4. The minimum Gasteiger partial charge on any atom is -0.870 e. The molecule has 15 heavy (non-hydrogen) atoms. The number of carbonyl (C=O) groups is 1. The Hall–Kier alpha value is -1.11. The number of halogens is 2. The van der Waals surface area contributed by atoms with Crippen LogP contribution in [0, 0.1) is 5.82 Å². The average molecular weight is 232 g/mol. The Labute approximate surface area is 92.0 Å². The summed E-state index contributed by atoms with van der Waals surface area (Å²) in [6, 6.07) is 2.12. The molecule has 0 heterocycles. The molecule has 80 valence electrons. The third-order valence-electron chi connectivity index (χ3n) is 1.49. The normalized spacial score (nSPS) is 8.60. The van der Waals surface area contributed by atoms with Crippen LogP contribution in [0.4, 0.5) is 4.39 Å². The van der Waals surface area contributed by atoms with Gasteiger partial charge in [0.15, 0.2) is 0 Å². The van der Waals surface area contributed by atoms with Gasteiger partial charge in [0.2, 0.25) is 0 Å². The summed E-state index contributed by atoms with van der Waals surface area (Å²) < 4.78 is 17.2. The first-order valence-corrected chi connectivity index (χ1v) is 3.77. The molecule has 0 atom stereocenters. The van der Waals surface area contributed by atoms with Crippen LogP contribution in [0.3, 0.4) is 0 Å². The van der Waals surface area contributed by atoms with Gasteiger partial charge < -0.3 is 11.0 Å². The average Bonchev–Trinajstić information content (AvgIpc) is 2.10. The van der Waals surface area contributed by atoms with Gasteiger partial charge in [0.05, 0.1) is 0 Å². The minimum absolute atomic E-state index is 0. The van der Waals surface area contributed by atoms with E-state index in [1.807, 2.05) is 0 Å². The first kappa shape index (κ1) is 16.3. The second-order valence-corrected chi connectivity index (χ2v) is 2.75. The Morgan fingerprint density at radius 3 is 2.47 bits per heavy atom. The van der Waals surface area contributed by atoms with E-state index in [0.717, 1.165) is 12.1 Å². The van der Waals surface area contributed by atoms with Crippen molar-refractivity contribution < 1.29 is 24.9 Å². The molecule has 0 fully saturated rings. The van der Waals surface area contributed by atoms with Gasteiger partial charge in [-0.15, -0.1) is 0 Å². The van der Waals surface area contributed by atoms with Gasteiger partial charge in [-0.25, -0.2) is 0 Å². The molecule has 1 rings (SSSR count). The zero-order valence-corrected chi connectivity index (χ0v) is 8.45. The van der Waals surface area contributed by atoms with Gasteiger partial charge in [-0.1, -0.05) is 0 Å². The van der Waals surface area contributed by atoms with E-state index in [1.165, 1.54) is 7.11 Å². The van der Waals surface area contributed by atoms with E-state index in [4.69, 9.17) is 19.4 Å². The molecule has 0 saturated heterocycles. The van der Waals surface area contributed by atoms with Crippen LogP contribution in [0.15, 0.2) is 12.1 Å². The molecule has 0 aromatic heterocycles. The van der Waals surface area contributed by atoms with Crippen molar-refractivity contribution in [3.05, 3.63) is 28.5 Å². The Morgan fingerprint density at radius 1 is 1.47 bits per heavy atom. The first-order valence-electron chi connectivity index (χ1n) is 3.39. The molecule has 1 aromatic rings. The summed E-state index contributed by atoms with van der Waals surface area (Å²) in [7, 11) is 6.45. The largest absolute Gasteiger partial charge is 0.870 e. The van der Waals surface area contributed by atoms with Crippen LogP contribution in [-0.2, 0) is 4.74 Å². The topological polar surface area (TPSA) is 86.3 Å². The zero-order valence-electron chi connectivity index (χ0n) is 7.70. The minimum atomic E-state index is -0.655. The summed E-state index contributed by atoms with van der Waals surface area (Å²) in [6.45, 7) is 0. The first-order chi connectivity index (χ1) is 6.06. The van der Waals surface area contributed by atoms with Crippen LogP contribution >= 0.6 is 11.6 Å². The SMILES string of the molecule is [B+2]c1cc(C(=O)OC)c(Cl)cc1F.[OH-].[OH-]. The molecule has 0 saturated carbocycles. The molecule has 2 N–H and O–H groups in total. The van der Waals surface area contributed by atoms with Crippen molar-refractivity contribution in [1.29, 1.82) is 0 Å². The maximum atomic E-state index is 12.8. The van der Waals surface area contributed by atoms with Crippen molar-refractivity contribution in [2.75, 3.05) is 7.11 Å². The van der Waals surface area contributed by atoms with Gasteiger partial charge in [0.25, 0.3) is 0 Å². The fourth-order valence-electron chi connectivity index (χ4n) is 0.832. The molecule has 0 bridgehead atoms. The summed E-state index contributed by atoms with van der Waals surface area (Å²) in [6.07, 6.45) is 0. The van der Waals surface area contributed by atoms with E-state index in [2.05, 4.69) is 4.74 Å². The van der Waals surface area contributed by atoms with Gasteiger partial charge in [0.1, 0.15) is 0 Å². The summed E-state index contributed by atoms with van der Waals surface area (Å²) in [5.41, 5.74) is -0.0760. The molecule has 0 aliphatic heterocycles. The van der Waals surface area contributed by atoms with Crippen molar-refractivity contribution in [3.8, 4) is 0 Å². The second kappa shape index (κ2) is 6.39. The standard InChI is InChI=1S/C8H5BClFO2.2H2O/c1-13-8(12)4-2-5(9)7(11)3-6(4)10;;/h2-3H,1H3;2*1H2/q+2;;/p-2. The molecule has 0 aliphatic carbocycles. The smallest absolute Gasteiger partial charge is 0.870 e. The van der Waals surface area contributed by atoms with Gasteiger partial charge in [-0.05, 0) is 0 Å². The number of carbonyl (C=O) groups excluding carboxylic acids is 1. The van der Waals surface area contributed by atoms with Crippen molar-refractivity contribution in [2.45, 2.75) is 0 Å². The number of rotatable bonds is 1. The van der Waals surface area contributed by atoms with Crippen molar-refractivity contribution in [2.24, 2.45) is 0 Å². The maximum absolute atomic E-state index is 12.8. The van der Waals surface area contributed by atoms with Crippen LogP contribution in [-0.4, -0.2) is 31.9 Å². The van der Waals surface area contributed by atoms with Crippen LogP contribution in [0.2, 0.25) is 5.02 Å². The van der Waals surface area contributed by atoms with Crippen LogP contribution in [0.5, 0.6) is 0 Å². The van der Waals surface area contributed by atoms with E-state index in [-0.39, 0.29) is 27.0 Å². The number of methoxy groups -OCH3 is 1. The number of esters is 1. The number of hydrogen-bond donors (Lipinski definition) is 0. The predicted octanol–water partition coefficient (Wildman–Crippen LogP) is 0.706. The molecule has 0 spiro atoms. The van der Waals surface area contributed by atoms with Crippen molar-refractivity contribution in [3.63, 3.8) is 0 Å². The molecule has 7 heteroatoms. The van der Waals surface area contributed by atoms with Crippen molar-refractivity contribution >= 4 is 30.9 Å². The Kier molecular flexibility index (Phi) is 6.96. The summed E-state index contributed by atoms with van der Waals surface area (Å²) in [5, 5.41) is -0.0152. The third-order valence-corrected chi connectivity index (χ3v) is 1.80. The second-order valence-electron chi connectivity index (χ2n) is 2.35. The van der Waals surface area contributed by atoms with Gasteiger partial charge in [-0.3, -0.25) is 0 Å². The molecular formula is C8H7BClFO4. The van der Waals surface area contributed by atoms with E-state index in [9.17, 15) is 9.18 Å². The summed E-state index contributed by atoms with van der Waals surface area (Å²) >= 11 is 5.58. The van der Waals surface area contributed by atoms with E-state index in [0.29, 0.717) is 0 Å². The zero-order chi connectivity index (χ0) is 10.0. The van der Waals surface area contributed by atoms with Crippen LogP contribution in [0.1, 0.15) is 10.4 Å². The molecule has 0 aliphatic rings. The van der Waals surface area contributed by atoms with Crippen molar-refractivity contribution in [1.82, 2.24) is 0 Å². The molecule has 1 aromatic carbocycles. The molecule has 0 unspecified atom stereocenters. The molecule has 0 radical (unpaired) electrons. The van der Waals surface area contributed by atoms with E-state index >= 15 is 0 Å². The number of benzene rings is 1. The summed E-state index contributed by atoms with van der Waals surface area (Å²) in [4.78, 5) is 11.0. The van der Waals surface area contributed by atoms with Crippen LogP contribution < -0.4 is 5.46 Å². The van der Waals surface area contributed by atoms with E-state index < -0.39 is 11.8 Å². The van der Waals surface area contributed by atoms with E-state index in [1.54, 1.807) is 0 Å². The quantitative estimate of drug-likeness (QED) is 0.527. The third kappa shape index (κ3) is 3.51.